The predicted octanol–water partition coefficient (Wildman–Crippen LogP) is 3.68. The molecule has 1 aromatic carbocycles. The molecule has 0 spiro atoms. The van der Waals surface area contributed by atoms with Gasteiger partial charge in [0, 0.05) is 0 Å². The largest absolute Gasteiger partial charge is 0.0998 e. The second kappa shape index (κ2) is 4.27. The van der Waals surface area contributed by atoms with Crippen molar-refractivity contribution in [3.05, 3.63) is 47.0 Å². The van der Waals surface area contributed by atoms with Gasteiger partial charge in [0.2, 0.25) is 0 Å². The number of allylic oxidation sites excluding steroid dienone is 1. The first-order chi connectivity index (χ1) is 6.13. The van der Waals surface area contributed by atoms with Gasteiger partial charge < -0.3 is 0 Å². The summed E-state index contributed by atoms with van der Waals surface area (Å²) in [4.78, 5) is 0. The second-order valence-corrected chi connectivity index (χ2v) is 3.76. The molecule has 0 radical (unpaired) electrons. The van der Waals surface area contributed by atoms with E-state index in [0.29, 0.717) is 0 Å². The van der Waals surface area contributed by atoms with E-state index >= 15 is 0 Å². The van der Waals surface area contributed by atoms with Gasteiger partial charge in [0.1, 0.15) is 0 Å². The van der Waals surface area contributed by atoms with Gasteiger partial charge in [-0.25, -0.2) is 0 Å². The quantitative estimate of drug-likeness (QED) is 0.613. The van der Waals surface area contributed by atoms with Crippen LogP contribution in [0.2, 0.25) is 0 Å². The van der Waals surface area contributed by atoms with E-state index in [2.05, 4.69) is 45.5 Å². The van der Waals surface area contributed by atoms with Crippen LogP contribution in [0.1, 0.15) is 30.5 Å². The number of rotatable bonds is 3. The highest BCUT2D eigenvalue weighted by atomic mass is 14.1. The van der Waals surface area contributed by atoms with E-state index < -0.39 is 0 Å². The standard InChI is InChI=1S/C13H18/c1-5-12-7-6-11(4)9-13(12)8-10(2)3/h6-7,9H,2,5,8H2,1,3-4H3. The molecule has 0 N–H and O–H groups in total. The molecule has 0 aliphatic rings. The van der Waals surface area contributed by atoms with Gasteiger partial charge in [0.05, 0.1) is 0 Å². The Hall–Kier alpha value is -1.04. The van der Waals surface area contributed by atoms with Crippen molar-refractivity contribution >= 4 is 0 Å². The van der Waals surface area contributed by atoms with Crippen LogP contribution in [-0.2, 0) is 12.8 Å². The molecule has 0 fully saturated rings. The maximum Gasteiger partial charge on any atom is -0.00697 e. The summed E-state index contributed by atoms with van der Waals surface area (Å²) < 4.78 is 0. The van der Waals surface area contributed by atoms with E-state index in [1.54, 1.807) is 0 Å². The third kappa shape index (κ3) is 2.73. The minimum Gasteiger partial charge on any atom is -0.0998 e. The first-order valence-electron chi connectivity index (χ1n) is 4.86. The zero-order valence-electron chi connectivity index (χ0n) is 8.85. The molecule has 0 saturated heterocycles. The van der Waals surface area contributed by atoms with Gasteiger partial charge in [-0.15, -0.1) is 0 Å². The average Bonchev–Trinajstić information content (AvgIpc) is 2.03. The van der Waals surface area contributed by atoms with Crippen LogP contribution < -0.4 is 0 Å². The minimum absolute atomic E-state index is 1.02. The highest BCUT2D eigenvalue weighted by molar-refractivity contribution is 5.33. The van der Waals surface area contributed by atoms with E-state index in [-0.39, 0.29) is 0 Å². The Morgan fingerprint density at radius 1 is 1.31 bits per heavy atom. The average molecular weight is 174 g/mol. The van der Waals surface area contributed by atoms with Crippen LogP contribution in [0.15, 0.2) is 30.4 Å². The van der Waals surface area contributed by atoms with Crippen molar-refractivity contribution in [2.45, 2.75) is 33.6 Å². The van der Waals surface area contributed by atoms with Gasteiger partial charge >= 0.3 is 0 Å². The Morgan fingerprint density at radius 2 is 2.00 bits per heavy atom. The van der Waals surface area contributed by atoms with Crippen LogP contribution in [0.5, 0.6) is 0 Å². The summed E-state index contributed by atoms with van der Waals surface area (Å²) in [6, 6.07) is 6.68. The predicted molar refractivity (Wildman–Crippen MR) is 59.1 cm³/mol. The number of hydrogen-bond donors (Lipinski definition) is 0. The van der Waals surface area contributed by atoms with Crippen LogP contribution in [0, 0.1) is 6.92 Å². The lowest BCUT2D eigenvalue weighted by atomic mass is 9.97. The SMILES string of the molecule is C=C(C)Cc1cc(C)ccc1CC. The number of aryl methyl sites for hydroxylation is 2. The van der Waals surface area contributed by atoms with E-state index in [0.717, 1.165) is 12.8 Å². The summed E-state index contributed by atoms with van der Waals surface area (Å²) >= 11 is 0. The fourth-order valence-corrected chi connectivity index (χ4v) is 1.59. The molecule has 70 valence electrons. The lowest BCUT2D eigenvalue weighted by Gasteiger charge is -2.08. The van der Waals surface area contributed by atoms with Gasteiger partial charge in [-0.05, 0) is 37.8 Å². The molecule has 0 nitrogen and oxygen atoms in total. The molecule has 1 aromatic rings. The topological polar surface area (TPSA) is 0 Å². The first kappa shape index (κ1) is 10.0. The maximum absolute atomic E-state index is 3.96. The Kier molecular flexibility index (Phi) is 3.30. The highest BCUT2D eigenvalue weighted by Gasteiger charge is 2.00. The van der Waals surface area contributed by atoms with Crippen molar-refractivity contribution in [3.8, 4) is 0 Å². The lowest BCUT2D eigenvalue weighted by molar-refractivity contribution is 1.04. The van der Waals surface area contributed by atoms with Crippen LogP contribution in [0.25, 0.3) is 0 Å². The molecule has 0 amide bonds. The van der Waals surface area contributed by atoms with Crippen molar-refractivity contribution in [3.63, 3.8) is 0 Å². The molecule has 0 saturated carbocycles. The van der Waals surface area contributed by atoms with Gasteiger partial charge in [-0.2, -0.15) is 0 Å². The van der Waals surface area contributed by atoms with Crippen molar-refractivity contribution in [1.82, 2.24) is 0 Å². The molecular formula is C13H18. The summed E-state index contributed by atoms with van der Waals surface area (Å²) in [5, 5.41) is 0. The fraction of sp³-hybridized carbons (Fsp3) is 0.385. The Labute approximate surface area is 81.3 Å². The van der Waals surface area contributed by atoms with Crippen LogP contribution in [0.4, 0.5) is 0 Å². The normalized spacial score (nSPS) is 10.1. The minimum atomic E-state index is 1.02. The maximum atomic E-state index is 3.96. The summed E-state index contributed by atoms with van der Waals surface area (Å²) in [5.41, 5.74) is 5.47. The molecule has 0 aliphatic carbocycles. The first-order valence-corrected chi connectivity index (χ1v) is 4.86. The summed E-state index contributed by atoms with van der Waals surface area (Å²) in [6.45, 7) is 10.4. The van der Waals surface area contributed by atoms with Gasteiger partial charge in [0.15, 0.2) is 0 Å². The molecule has 1 rings (SSSR count). The lowest BCUT2D eigenvalue weighted by Crippen LogP contribution is -1.94. The summed E-state index contributed by atoms with van der Waals surface area (Å²) in [7, 11) is 0. The van der Waals surface area contributed by atoms with Crippen LogP contribution >= 0.6 is 0 Å². The Morgan fingerprint density at radius 3 is 2.54 bits per heavy atom. The summed E-state index contributed by atoms with van der Waals surface area (Å²) in [5.74, 6) is 0. The second-order valence-electron chi connectivity index (χ2n) is 3.76. The molecule has 0 aromatic heterocycles. The molecule has 0 bridgehead atoms. The van der Waals surface area contributed by atoms with Crippen molar-refractivity contribution in [1.29, 1.82) is 0 Å². The fourth-order valence-electron chi connectivity index (χ4n) is 1.59. The molecular weight excluding hydrogens is 156 g/mol. The van der Waals surface area contributed by atoms with Crippen LogP contribution in [-0.4, -0.2) is 0 Å². The molecule has 0 unspecified atom stereocenters. The number of benzene rings is 1. The molecule has 0 atom stereocenters. The zero-order valence-corrected chi connectivity index (χ0v) is 8.85. The molecule has 13 heavy (non-hydrogen) atoms. The van der Waals surface area contributed by atoms with Gasteiger partial charge in [0.25, 0.3) is 0 Å². The molecule has 0 heterocycles. The van der Waals surface area contributed by atoms with Crippen molar-refractivity contribution in [2.24, 2.45) is 0 Å². The molecule has 0 heteroatoms. The van der Waals surface area contributed by atoms with E-state index in [1.807, 2.05) is 0 Å². The van der Waals surface area contributed by atoms with E-state index in [1.165, 1.54) is 22.3 Å². The van der Waals surface area contributed by atoms with Gasteiger partial charge in [-0.3, -0.25) is 0 Å². The smallest absolute Gasteiger partial charge is 0.00697 e. The molecule has 0 aliphatic heterocycles. The third-order valence-electron chi connectivity index (χ3n) is 2.23. The third-order valence-corrected chi connectivity index (χ3v) is 2.23. The zero-order chi connectivity index (χ0) is 9.84. The Bertz CT molecular complexity index is 308. The monoisotopic (exact) mass is 174 g/mol. The van der Waals surface area contributed by atoms with Gasteiger partial charge in [-0.1, -0.05) is 42.8 Å². The highest BCUT2D eigenvalue weighted by Crippen LogP contribution is 2.15. The van der Waals surface area contributed by atoms with E-state index in [4.69, 9.17) is 0 Å². The summed E-state index contributed by atoms with van der Waals surface area (Å²) in [6.07, 6.45) is 2.13. The van der Waals surface area contributed by atoms with Crippen LogP contribution in [0.3, 0.4) is 0 Å². The van der Waals surface area contributed by atoms with Crippen molar-refractivity contribution < 1.29 is 0 Å². The van der Waals surface area contributed by atoms with Crippen molar-refractivity contribution in [2.75, 3.05) is 0 Å². The number of hydrogen-bond acceptors (Lipinski definition) is 0. The van der Waals surface area contributed by atoms with E-state index in [9.17, 15) is 0 Å². The Balaban J connectivity index is 3.01.